The van der Waals surface area contributed by atoms with E-state index in [9.17, 15) is 0 Å². The normalized spacial score (nSPS) is 25.8. The van der Waals surface area contributed by atoms with Crippen molar-refractivity contribution in [2.75, 3.05) is 39.5 Å². The van der Waals surface area contributed by atoms with Crippen molar-refractivity contribution < 1.29 is 9.47 Å². The van der Waals surface area contributed by atoms with Gasteiger partial charge in [-0.1, -0.05) is 18.2 Å². The Morgan fingerprint density at radius 1 is 1.22 bits per heavy atom. The van der Waals surface area contributed by atoms with Crippen LogP contribution in [0.1, 0.15) is 59.3 Å². The van der Waals surface area contributed by atoms with Crippen molar-refractivity contribution in [1.82, 2.24) is 29.8 Å². The Morgan fingerprint density at radius 3 is 2.89 bits per heavy atom. The number of aryl methyl sites for hydroxylation is 1. The first-order chi connectivity index (χ1) is 18.1. The minimum absolute atomic E-state index is 0.111. The summed E-state index contributed by atoms with van der Waals surface area (Å²) in [6.07, 6.45) is 10.2. The minimum Gasteiger partial charge on any atom is -0.379 e. The lowest BCUT2D eigenvalue weighted by molar-refractivity contribution is -0.112. The third-order valence-corrected chi connectivity index (χ3v) is 9.66. The van der Waals surface area contributed by atoms with Gasteiger partial charge in [-0.25, -0.2) is 0 Å². The standard InChI is InChI=1S/C28H38N6O2S/c1-3-24-15-25-27(37-24)6-12-36-28(25)7-9-33(21(2)16-28)18-23-19-34(31-30-23)20-26(22-5-4-8-29-17-22)32-10-13-35-14-11-32/h4-5,8,15,17,19,21,26H,3,6-7,9-14,16,18,20H2,1-2H3/t21-,26?,28+/m0/s1. The quantitative estimate of drug-likeness (QED) is 0.467. The zero-order chi connectivity index (χ0) is 25.2. The van der Waals surface area contributed by atoms with E-state index in [0.29, 0.717) is 6.04 Å². The maximum atomic E-state index is 6.54. The predicted octanol–water partition coefficient (Wildman–Crippen LogP) is 3.82. The van der Waals surface area contributed by atoms with Crippen LogP contribution >= 0.6 is 11.3 Å². The number of likely N-dealkylation sites (tertiary alicyclic amines) is 1. The second-order valence-corrected chi connectivity index (χ2v) is 11.9. The summed E-state index contributed by atoms with van der Waals surface area (Å²) in [6.45, 7) is 11.4. The fourth-order valence-electron chi connectivity index (χ4n) is 6.29. The molecule has 0 bridgehead atoms. The molecular formula is C28H38N6O2S. The van der Waals surface area contributed by atoms with Crippen LogP contribution in [0.4, 0.5) is 0 Å². The number of aromatic nitrogens is 4. The van der Waals surface area contributed by atoms with Crippen LogP contribution in [0.25, 0.3) is 0 Å². The Morgan fingerprint density at radius 2 is 2.11 bits per heavy atom. The summed E-state index contributed by atoms with van der Waals surface area (Å²) in [5.41, 5.74) is 3.61. The zero-order valence-electron chi connectivity index (χ0n) is 22.0. The average Bonchev–Trinajstić information content (AvgIpc) is 3.57. The molecule has 9 heteroatoms. The van der Waals surface area contributed by atoms with E-state index in [1.165, 1.54) is 16.0 Å². The van der Waals surface area contributed by atoms with Gasteiger partial charge in [0.15, 0.2) is 0 Å². The van der Waals surface area contributed by atoms with Crippen molar-refractivity contribution in [2.24, 2.45) is 0 Å². The highest BCUT2D eigenvalue weighted by atomic mass is 32.1. The lowest BCUT2D eigenvalue weighted by Gasteiger charge is -2.47. The second-order valence-electron chi connectivity index (χ2n) is 10.7. The molecule has 3 aliphatic rings. The summed E-state index contributed by atoms with van der Waals surface area (Å²) in [6, 6.07) is 7.23. The summed E-state index contributed by atoms with van der Waals surface area (Å²) in [5.74, 6) is 0. The summed E-state index contributed by atoms with van der Waals surface area (Å²) >= 11 is 1.99. The summed E-state index contributed by atoms with van der Waals surface area (Å²) in [7, 11) is 0. The first kappa shape index (κ1) is 25.1. The van der Waals surface area contributed by atoms with E-state index in [1.807, 2.05) is 34.5 Å². The van der Waals surface area contributed by atoms with E-state index in [-0.39, 0.29) is 11.6 Å². The number of hydrogen-bond acceptors (Lipinski definition) is 8. The molecule has 8 nitrogen and oxygen atoms in total. The molecule has 0 aliphatic carbocycles. The van der Waals surface area contributed by atoms with Crippen LogP contribution in [0, 0.1) is 0 Å². The third kappa shape index (κ3) is 5.25. The minimum atomic E-state index is -0.111. The van der Waals surface area contributed by atoms with E-state index in [1.54, 1.807) is 4.88 Å². The van der Waals surface area contributed by atoms with Crippen molar-refractivity contribution in [2.45, 2.75) is 70.3 Å². The highest BCUT2D eigenvalue weighted by molar-refractivity contribution is 7.12. The van der Waals surface area contributed by atoms with Gasteiger partial charge < -0.3 is 9.47 Å². The van der Waals surface area contributed by atoms with Gasteiger partial charge in [0.25, 0.3) is 0 Å². The number of fused-ring (bicyclic) bond motifs is 2. The van der Waals surface area contributed by atoms with Crippen LogP contribution in [0.5, 0.6) is 0 Å². The van der Waals surface area contributed by atoms with Gasteiger partial charge in [0, 0.05) is 67.0 Å². The molecule has 2 fully saturated rings. The first-order valence-corrected chi connectivity index (χ1v) is 14.6. The largest absolute Gasteiger partial charge is 0.379 e. The molecule has 6 rings (SSSR count). The molecule has 0 amide bonds. The smallest absolute Gasteiger partial charge is 0.0969 e. The van der Waals surface area contributed by atoms with Gasteiger partial charge >= 0.3 is 0 Å². The topological polar surface area (TPSA) is 68.5 Å². The van der Waals surface area contributed by atoms with Crippen LogP contribution in [-0.2, 0) is 41.0 Å². The number of morpholine rings is 1. The van der Waals surface area contributed by atoms with E-state index >= 15 is 0 Å². The molecule has 6 heterocycles. The monoisotopic (exact) mass is 522 g/mol. The molecule has 37 heavy (non-hydrogen) atoms. The fraction of sp³-hybridized carbons (Fsp3) is 0.607. The maximum Gasteiger partial charge on any atom is 0.0969 e. The molecule has 3 atom stereocenters. The number of nitrogens with zero attached hydrogens (tertiary/aromatic N) is 6. The van der Waals surface area contributed by atoms with E-state index in [0.717, 1.165) is 83.9 Å². The molecule has 0 radical (unpaired) electrons. The van der Waals surface area contributed by atoms with E-state index < -0.39 is 0 Å². The molecule has 2 saturated heterocycles. The van der Waals surface area contributed by atoms with Crippen molar-refractivity contribution in [3.8, 4) is 0 Å². The van der Waals surface area contributed by atoms with Gasteiger partial charge in [-0.05, 0) is 49.4 Å². The average molecular weight is 523 g/mol. The van der Waals surface area contributed by atoms with Gasteiger partial charge in [-0.15, -0.1) is 16.4 Å². The maximum absolute atomic E-state index is 6.54. The molecule has 1 spiro atoms. The molecule has 0 aromatic carbocycles. The van der Waals surface area contributed by atoms with Crippen LogP contribution in [0.15, 0.2) is 36.8 Å². The number of hydrogen-bond donors (Lipinski definition) is 0. The molecule has 3 aromatic rings. The van der Waals surface area contributed by atoms with Crippen LogP contribution in [-0.4, -0.2) is 75.3 Å². The van der Waals surface area contributed by atoms with Gasteiger partial charge in [0.05, 0.1) is 43.7 Å². The Labute approximate surface area is 223 Å². The number of thiophene rings is 1. The molecular weight excluding hydrogens is 484 g/mol. The Bertz CT molecular complexity index is 1180. The van der Waals surface area contributed by atoms with Gasteiger partial charge in [0.2, 0.25) is 0 Å². The van der Waals surface area contributed by atoms with Gasteiger partial charge in [-0.2, -0.15) is 0 Å². The Hall–Kier alpha value is -2.17. The van der Waals surface area contributed by atoms with Gasteiger partial charge in [-0.3, -0.25) is 19.5 Å². The van der Waals surface area contributed by atoms with Crippen molar-refractivity contribution in [3.05, 3.63) is 63.4 Å². The molecule has 3 aromatic heterocycles. The second kappa shape index (κ2) is 10.9. The Kier molecular flexibility index (Phi) is 7.40. The highest BCUT2D eigenvalue weighted by Crippen LogP contribution is 2.46. The van der Waals surface area contributed by atoms with Crippen LogP contribution in [0.3, 0.4) is 0 Å². The third-order valence-electron chi connectivity index (χ3n) is 8.32. The van der Waals surface area contributed by atoms with Crippen molar-refractivity contribution in [3.63, 3.8) is 0 Å². The zero-order valence-corrected chi connectivity index (χ0v) is 22.8. The number of piperidine rings is 1. The fourth-order valence-corrected chi connectivity index (χ4v) is 7.47. The molecule has 198 valence electrons. The molecule has 1 unspecified atom stereocenters. The summed E-state index contributed by atoms with van der Waals surface area (Å²) in [4.78, 5) is 12.4. The summed E-state index contributed by atoms with van der Waals surface area (Å²) in [5, 5.41) is 9.10. The van der Waals surface area contributed by atoms with Gasteiger partial charge in [0.1, 0.15) is 0 Å². The SMILES string of the molecule is CCc1cc2c(s1)CCO[C@@]21CCN(Cc2cn(CC(c3cccnc3)N3CCOCC3)nn2)[C@@H](C)C1. The Balaban J connectivity index is 1.12. The molecule has 3 aliphatic heterocycles. The van der Waals surface area contributed by atoms with Crippen LogP contribution in [0.2, 0.25) is 0 Å². The van der Waals surface area contributed by atoms with Crippen molar-refractivity contribution >= 4 is 11.3 Å². The van der Waals surface area contributed by atoms with Crippen LogP contribution < -0.4 is 0 Å². The number of rotatable bonds is 7. The lowest BCUT2D eigenvalue weighted by Crippen LogP contribution is -2.50. The first-order valence-electron chi connectivity index (χ1n) is 13.7. The number of ether oxygens (including phenoxy) is 2. The predicted molar refractivity (Wildman–Crippen MR) is 144 cm³/mol. The lowest BCUT2D eigenvalue weighted by atomic mass is 9.79. The molecule has 0 saturated carbocycles. The van der Waals surface area contributed by atoms with Crippen molar-refractivity contribution in [1.29, 1.82) is 0 Å². The molecule has 0 N–H and O–H groups in total. The van der Waals surface area contributed by atoms with E-state index in [2.05, 4.69) is 57.3 Å². The number of pyridine rings is 1. The summed E-state index contributed by atoms with van der Waals surface area (Å²) < 4.78 is 14.1. The highest BCUT2D eigenvalue weighted by Gasteiger charge is 2.44. The van der Waals surface area contributed by atoms with E-state index in [4.69, 9.17) is 9.47 Å².